The minimum Gasteiger partial charge on any atom is -0.354 e. The van der Waals surface area contributed by atoms with Gasteiger partial charge in [-0.25, -0.2) is 4.68 Å². The SMILES string of the molecule is O=C(Cn1[nH]c(=O)c2ccccc2c1=O)NCC1CCCN(Cc2cccs2)C1. The van der Waals surface area contributed by atoms with Crippen LogP contribution in [0.4, 0.5) is 0 Å². The minimum atomic E-state index is -0.371. The molecule has 1 amide bonds. The Hall–Kier alpha value is -2.71. The molecule has 152 valence electrons. The second-order valence-corrected chi connectivity index (χ2v) is 8.54. The zero-order valence-electron chi connectivity index (χ0n) is 16.1. The van der Waals surface area contributed by atoms with E-state index in [0.717, 1.165) is 37.2 Å². The molecule has 0 aliphatic carbocycles. The van der Waals surface area contributed by atoms with Gasteiger partial charge in [0, 0.05) is 24.5 Å². The molecular formula is C21H24N4O3S. The van der Waals surface area contributed by atoms with Gasteiger partial charge in [-0.15, -0.1) is 11.3 Å². The first-order chi connectivity index (χ1) is 14.1. The Morgan fingerprint density at radius 2 is 2.00 bits per heavy atom. The Kier molecular flexibility index (Phi) is 5.92. The summed E-state index contributed by atoms with van der Waals surface area (Å²) in [6.45, 7) is 3.37. The number of hydrogen-bond acceptors (Lipinski definition) is 5. The van der Waals surface area contributed by atoms with Gasteiger partial charge in [-0.05, 0) is 48.9 Å². The van der Waals surface area contributed by atoms with Crippen LogP contribution < -0.4 is 16.4 Å². The molecule has 0 saturated carbocycles. The Morgan fingerprint density at radius 1 is 1.17 bits per heavy atom. The first kappa shape index (κ1) is 19.6. The van der Waals surface area contributed by atoms with E-state index in [-0.39, 0.29) is 23.6 Å². The molecule has 2 aromatic heterocycles. The maximum Gasteiger partial charge on any atom is 0.273 e. The van der Waals surface area contributed by atoms with Gasteiger partial charge in [0.15, 0.2) is 0 Å². The fourth-order valence-electron chi connectivity index (χ4n) is 3.90. The summed E-state index contributed by atoms with van der Waals surface area (Å²) in [5.41, 5.74) is -0.736. The molecule has 1 saturated heterocycles. The smallest absolute Gasteiger partial charge is 0.273 e. The van der Waals surface area contributed by atoms with Crippen LogP contribution in [0.5, 0.6) is 0 Å². The first-order valence-electron chi connectivity index (χ1n) is 9.83. The van der Waals surface area contributed by atoms with Crippen molar-refractivity contribution in [2.75, 3.05) is 19.6 Å². The number of H-pyrrole nitrogens is 1. The molecule has 3 aromatic rings. The van der Waals surface area contributed by atoms with Crippen LogP contribution in [0.3, 0.4) is 0 Å². The zero-order valence-corrected chi connectivity index (χ0v) is 16.9. The molecule has 1 aliphatic heterocycles. The largest absolute Gasteiger partial charge is 0.354 e. The lowest BCUT2D eigenvalue weighted by molar-refractivity contribution is -0.122. The van der Waals surface area contributed by atoms with Crippen molar-refractivity contribution in [3.8, 4) is 0 Å². The molecule has 7 nitrogen and oxygen atoms in total. The van der Waals surface area contributed by atoms with E-state index in [1.54, 1.807) is 35.6 Å². The molecule has 29 heavy (non-hydrogen) atoms. The highest BCUT2D eigenvalue weighted by atomic mass is 32.1. The van der Waals surface area contributed by atoms with Gasteiger partial charge in [-0.1, -0.05) is 18.2 Å². The van der Waals surface area contributed by atoms with E-state index in [0.29, 0.717) is 23.2 Å². The van der Waals surface area contributed by atoms with Crippen LogP contribution in [0.25, 0.3) is 10.8 Å². The third-order valence-corrected chi connectivity index (χ3v) is 6.20. The highest BCUT2D eigenvalue weighted by Crippen LogP contribution is 2.19. The van der Waals surface area contributed by atoms with E-state index >= 15 is 0 Å². The van der Waals surface area contributed by atoms with Crippen LogP contribution in [-0.2, 0) is 17.9 Å². The number of likely N-dealkylation sites (tertiary alicyclic amines) is 1. The standard InChI is InChI=1S/C21H24N4O3S/c26-19(14-25-21(28)18-8-2-1-7-17(18)20(27)23-25)22-11-15-5-3-9-24(12-15)13-16-6-4-10-29-16/h1-2,4,6-8,10,15H,3,5,9,11-14H2,(H,22,26)(H,23,27). The van der Waals surface area contributed by atoms with E-state index in [9.17, 15) is 14.4 Å². The number of benzene rings is 1. The van der Waals surface area contributed by atoms with Crippen molar-refractivity contribution in [3.05, 3.63) is 67.4 Å². The van der Waals surface area contributed by atoms with Crippen LogP contribution >= 0.6 is 11.3 Å². The van der Waals surface area contributed by atoms with Crippen molar-refractivity contribution in [3.63, 3.8) is 0 Å². The lowest BCUT2D eigenvalue weighted by atomic mass is 9.98. The van der Waals surface area contributed by atoms with Crippen molar-refractivity contribution in [2.24, 2.45) is 5.92 Å². The number of carbonyl (C=O) groups excluding carboxylic acids is 1. The van der Waals surface area contributed by atoms with Crippen molar-refractivity contribution in [1.82, 2.24) is 20.0 Å². The number of rotatable bonds is 6. The number of aromatic nitrogens is 2. The van der Waals surface area contributed by atoms with Gasteiger partial charge in [0.25, 0.3) is 11.1 Å². The average Bonchev–Trinajstić information content (AvgIpc) is 3.24. The third kappa shape index (κ3) is 4.65. The average molecular weight is 413 g/mol. The van der Waals surface area contributed by atoms with E-state index < -0.39 is 0 Å². The Balaban J connectivity index is 1.34. The highest BCUT2D eigenvalue weighted by Gasteiger charge is 2.21. The number of aromatic amines is 1. The summed E-state index contributed by atoms with van der Waals surface area (Å²) in [7, 11) is 0. The molecule has 4 rings (SSSR count). The number of thiophene rings is 1. The van der Waals surface area contributed by atoms with Gasteiger partial charge in [0.1, 0.15) is 6.54 Å². The molecular weight excluding hydrogens is 388 g/mol. The van der Waals surface area contributed by atoms with Gasteiger partial charge in [0.05, 0.1) is 10.8 Å². The Labute approximate surface area is 172 Å². The number of amides is 1. The fourth-order valence-corrected chi connectivity index (χ4v) is 4.65. The van der Waals surface area contributed by atoms with E-state index in [1.165, 1.54) is 4.88 Å². The number of hydrogen-bond donors (Lipinski definition) is 2. The van der Waals surface area contributed by atoms with Gasteiger partial charge in [0.2, 0.25) is 5.91 Å². The van der Waals surface area contributed by atoms with Gasteiger partial charge in [-0.3, -0.25) is 24.4 Å². The van der Waals surface area contributed by atoms with Crippen LogP contribution in [-0.4, -0.2) is 40.2 Å². The fraction of sp³-hybridized carbons (Fsp3) is 0.381. The Morgan fingerprint density at radius 3 is 2.79 bits per heavy atom. The van der Waals surface area contributed by atoms with E-state index in [4.69, 9.17) is 0 Å². The summed E-state index contributed by atoms with van der Waals surface area (Å²) in [5, 5.41) is 8.18. The molecule has 1 unspecified atom stereocenters. The topological polar surface area (TPSA) is 87.2 Å². The highest BCUT2D eigenvalue weighted by molar-refractivity contribution is 7.09. The summed E-state index contributed by atoms with van der Waals surface area (Å²) in [5.74, 6) is 0.119. The lowest BCUT2D eigenvalue weighted by Crippen LogP contribution is -2.42. The van der Waals surface area contributed by atoms with Crippen molar-refractivity contribution in [1.29, 1.82) is 0 Å². The van der Waals surface area contributed by atoms with Crippen molar-refractivity contribution >= 4 is 28.0 Å². The number of fused-ring (bicyclic) bond motifs is 1. The predicted molar refractivity (Wildman–Crippen MR) is 114 cm³/mol. The molecule has 2 N–H and O–H groups in total. The predicted octanol–water partition coefficient (Wildman–Crippen LogP) is 1.78. The zero-order chi connectivity index (χ0) is 20.2. The lowest BCUT2D eigenvalue weighted by Gasteiger charge is -2.32. The van der Waals surface area contributed by atoms with E-state index in [2.05, 4.69) is 32.8 Å². The maximum absolute atomic E-state index is 12.5. The molecule has 1 atom stereocenters. The monoisotopic (exact) mass is 412 g/mol. The number of nitrogens with zero attached hydrogens (tertiary/aromatic N) is 2. The summed E-state index contributed by atoms with van der Waals surface area (Å²) < 4.78 is 1.09. The number of piperidine rings is 1. The quantitative estimate of drug-likeness (QED) is 0.646. The van der Waals surface area contributed by atoms with Gasteiger partial charge < -0.3 is 5.32 Å². The summed E-state index contributed by atoms with van der Waals surface area (Å²) in [6, 6.07) is 10.8. The molecule has 1 fully saturated rings. The van der Waals surface area contributed by atoms with Crippen LogP contribution in [0, 0.1) is 5.92 Å². The third-order valence-electron chi connectivity index (χ3n) is 5.34. The van der Waals surface area contributed by atoms with Crippen LogP contribution in [0.15, 0.2) is 51.4 Å². The molecule has 8 heteroatoms. The van der Waals surface area contributed by atoms with Crippen molar-refractivity contribution in [2.45, 2.75) is 25.9 Å². The maximum atomic E-state index is 12.5. The molecule has 3 heterocycles. The summed E-state index contributed by atoms with van der Waals surface area (Å²) >= 11 is 1.77. The second kappa shape index (κ2) is 8.75. The van der Waals surface area contributed by atoms with Gasteiger partial charge >= 0.3 is 0 Å². The molecule has 1 aromatic carbocycles. The number of carbonyl (C=O) groups is 1. The Bertz CT molecular complexity index is 1100. The number of nitrogens with one attached hydrogen (secondary N) is 2. The van der Waals surface area contributed by atoms with Crippen LogP contribution in [0.1, 0.15) is 17.7 Å². The summed E-state index contributed by atoms with van der Waals surface area (Å²) in [4.78, 5) is 40.8. The molecule has 1 aliphatic rings. The normalized spacial score (nSPS) is 17.4. The van der Waals surface area contributed by atoms with Gasteiger partial charge in [-0.2, -0.15) is 0 Å². The van der Waals surface area contributed by atoms with Crippen LogP contribution in [0.2, 0.25) is 0 Å². The summed E-state index contributed by atoms with van der Waals surface area (Å²) in [6.07, 6.45) is 2.19. The molecule has 0 radical (unpaired) electrons. The van der Waals surface area contributed by atoms with Crippen molar-refractivity contribution < 1.29 is 4.79 Å². The molecule has 0 bridgehead atoms. The second-order valence-electron chi connectivity index (χ2n) is 7.50. The first-order valence-corrected chi connectivity index (χ1v) is 10.7. The molecule has 0 spiro atoms. The minimum absolute atomic E-state index is 0.190. The van der Waals surface area contributed by atoms with E-state index in [1.807, 2.05) is 0 Å².